The first-order chi connectivity index (χ1) is 7.83. The quantitative estimate of drug-likeness (QED) is 0.827. The molecule has 17 heavy (non-hydrogen) atoms. The normalized spacial score (nSPS) is 16.6. The summed E-state index contributed by atoms with van der Waals surface area (Å²) in [5.41, 5.74) is 6.04. The molecule has 0 radical (unpaired) electrons. The molecule has 0 aliphatic heterocycles. The van der Waals surface area contributed by atoms with E-state index in [0.717, 1.165) is 11.3 Å². The van der Waals surface area contributed by atoms with Crippen LogP contribution in [0.4, 0.5) is 0 Å². The molecule has 3 nitrogen and oxygen atoms in total. The van der Waals surface area contributed by atoms with Gasteiger partial charge in [-0.25, -0.2) is 0 Å². The SMILES string of the molecule is CC(C)C(C)(O)COc1ccc([C@H](C)N)cc1. The first-order valence-electron chi connectivity index (χ1n) is 6.03. The van der Waals surface area contributed by atoms with Crippen molar-refractivity contribution in [2.45, 2.75) is 39.3 Å². The van der Waals surface area contributed by atoms with E-state index in [1.54, 1.807) is 6.92 Å². The summed E-state index contributed by atoms with van der Waals surface area (Å²) < 4.78 is 5.58. The van der Waals surface area contributed by atoms with Gasteiger partial charge in [0.2, 0.25) is 0 Å². The maximum Gasteiger partial charge on any atom is 0.119 e. The lowest BCUT2D eigenvalue weighted by Crippen LogP contribution is -2.37. The van der Waals surface area contributed by atoms with Crippen LogP contribution in [0.25, 0.3) is 0 Å². The molecule has 0 aliphatic rings. The summed E-state index contributed by atoms with van der Waals surface area (Å²) in [7, 11) is 0. The van der Waals surface area contributed by atoms with Gasteiger partial charge in [0.05, 0.1) is 5.60 Å². The van der Waals surface area contributed by atoms with E-state index in [1.807, 2.05) is 45.0 Å². The highest BCUT2D eigenvalue weighted by molar-refractivity contribution is 5.28. The summed E-state index contributed by atoms with van der Waals surface area (Å²) in [5.74, 6) is 0.918. The maximum atomic E-state index is 10.1. The van der Waals surface area contributed by atoms with Gasteiger partial charge in [-0.3, -0.25) is 0 Å². The predicted molar refractivity (Wildman–Crippen MR) is 70.0 cm³/mol. The van der Waals surface area contributed by atoms with E-state index in [4.69, 9.17) is 10.5 Å². The zero-order valence-corrected chi connectivity index (χ0v) is 11.1. The molecule has 1 aromatic carbocycles. The van der Waals surface area contributed by atoms with Crippen LogP contribution in [0.15, 0.2) is 24.3 Å². The van der Waals surface area contributed by atoms with Crippen molar-refractivity contribution in [3.05, 3.63) is 29.8 Å². The maximum absolute atomic E-state index is 10.1. The molecule has 3 heteroatoms. The fourth-order valence-corrected chi connectivity index (χ4v) is 1.26. The van der Waals surface area contributed by atoms with E-state index >= 15 is 0 Å². The Labute approximate surface area is 104 Å². The van der Waals surface area contributed by atoms with Gasteiger partial charge in [-0.05, 0) is 37.5 Å². The zero-order chi connectivity index (χ0) is 13.1. The highest BCUT2D eigenvalue weighted by Crippen LogP contribution is 2.20. The summed E-state index contributed by atoms with van der Waals surface area (Å²) in [6.45, 7) is 7.97. The Morgan fingerprint density at radius 3 is 2.18 bits per heavy atom. The lowest BCUT2D eigenvalue weighted by molar-refractivity contribution is -0.0266. The number of hydrogen-bond acceptors (Lipinski definition) is 3. The van der Waals surface area contributed by atoms with E-state index < -0.39 is 5.60 Å². The summed E-state index contributed by atoms with van der Waals surface area (Å²) in [4.78, 5) is 0. The van der Waals surface area contributed by atoms with Crippen LogP contribution >= 0.6 is 0 Å². The highest BCUT2D eigenvalue weighted by atomic mass is 16.5. The predicted octanol–water partition coefficient (Wildman–Crippen LogP) is 2.49. The van der Waals surface area contributed by atoms with Crippen LogP contribution in [-0.4, -0.2) is 17.3 Å². The fourth-order valence-electron chi connectivity index (χ4n) is 1.26. The molecule has 3 N–H and O–H groups in total. The van der Waals surface area contributed by atoms with Gasteiger partial charge >= 0.3 is 0 Å². The molecule has 0 aromatic heterocycles. The van der Waals surface area contributed by atoms with Crippen LogP contribution < -0.4 is 10.5 Å². The van der Waals surface area contributed by atoms with Gasteiger partial charge in [-0.15, -0.1) is 0 Å². The summed E-state index contributed by atoms with van der Waals surface area (Å²) in [6, 6.07) is 7.70. The van der Waals surface area contributed by atoms with Gasteiger partial charge in [-0.2, -0.15) is 0 Å². The van der Waals surface area contributed by atoms with Crippen molar-refractivity contribution in [3.63, 3.8) is 0 Å². The van der Waals surface area contributed by atoms with Gasteiger partial charge < -0.3 is 15.6 Å². The first-order valence-corrected chi connectivity index (χ1v) is 6.03. The number of benzene rings is 1. The van der Waals surface area contributed by atoms with Crippen LogP contribution in [-0.2, 0) is 0 Å². The molecule has 0 heterocycles. The largest absolute Gasteiger partial charge is 0.491 e. The van der Waals surface area contributed by atoms with Crippen LogP contribution in [0.2, 0.25) is 0 Å². The van der Waals surface area contributed by atoms with Gasteiger partial charge in [0, 0.05) is 6.04 Å². The molecule has 0 aliphatic carbocycles. The number of ether oxygens (including phenoxy) is 1. The van der Waals surface area contributed by atoms with Gasteiger partial charge in [0.1, 0.15) is 12.4 Å². The third-order valence-electron chi connectivity index (χ3n) is 3.18. The molecule has 0 bridgehead atoms. The second kappa shape index (κ2) is 5.52. The van der Waals surface area contributed by atoms with E-state index in [0.29, 0.717) is 6.61 Å². The second-order valence-corrected chi connectivity index (χ2v) is 5.16. The molecule has 1 rings (SSSR count). The third kappa shape index (κ3) is 4.02. The van der Waals surface area contributed by atoms with Crippen molar-refractivity contribution in [1.29, 1.82) is 0 Å². The minimum absolute atomic E-state index is 0.0304. The number of aliphatic hydroxyl groups is 1. The molecule has 0 saturated carbocycles. The Balaban J connectivity index is 2.59. The van der Waals surface area contributed by atoms with Crippen molar-refractivity contribution in [1.82, 2.24) is 0 Å². The van der Waals surface area contributed by atoms with E-state index in [2.05, 4.69) is 0 Å². The molecule has 0 amide bonds. The van der Waals surface area contributed by atoms with Crippen molar-refractivity contribution in [2.24, 2.45) is 11.7 Å². The summed E-state index contributed by atoms with van der Waals surface area (Å²) in [5, 5.41) is 10.1. The van der Waals surface area contributed by atoms with Crippen molar-refractivity contribution in [3.8, 4) is 5.75 Å². The molecular formula is C14H23NO2. The molecular weight excluding hydrogens is 214 g/mol. The number of rotatable bonds is 5. The van der Waals surface area contributed by atoms with E-state index in [9.17, 15) is 5.11 Å². The molecule has 1 aromatic rings. The topological polar surface area (TPSA) is 55.5 Å². The van der Waals surface area contributed by atoms with Crippen LogP contribution in [0.3, 0.4) is 0 Å². The Morgan fingerprint density at radius 2 is 1.76 bits per heavy atom. The van der Waals surface area contributed by atoms with E-state index in [-0.39, 0.29) is 12.0 Å². The smallest absolute Gasteiger partial charge is 0.119 e. The van der Waals surface area contributed by atoms with Crippen molar-refractivity contribution in [2.75, 3.05) is 6.61 Å². The zero-order valence-electron chi connectivity index (χ0n) is 11.1. The molecule has 96 valence electrons. The Morgan fingerprint density at radius 1 is 1.24 bits per heavy atom. The standard InChI is InChI=1S/C14H23NO2/c1-10(2)14(4,16)9-17-13-7-5-12(6-8-13)11(3)15/h5-8,10-11,16H,9,15H2,1-4H3/t11-,14?/m0/s1. The Hall–Kier alpha value is -1.06. The minimum atomic E-state index is -0.806. The lowest BCUT2D eigenvalue weighted by Gasteiger charge is -2.27. The molecule has 1 unspecified atom stereocenters. The minimum Gasteiger partial charge on any atom is -0.491 e. The Kier molecular flexibility index (Phi) is 4.54. The van der Waals surface area contributed by atoms with Crippen LogP contribution in [0, 0.1) is 5.92 Å². The summed E-state index contributed by atoms with van der Waals surface area (Å²) in [6.07, 6.45) is 0. The van der Waals surface area contributed by atoms with Gasteiger partial charge in [-0.1, -0.05) is 26.0 Å². The number of hydrogen-bond donors (Lipinski definition) is 2. The Bertz CT molecular complexity index is 342. The fraction of sp³-hybridized carbons (Fsp3) is 0.571. The third-order valence-corrected chi connectivity index (χ3v) is 3.18. The molecule has 0 fully saturated rings. The first kappa shape index (κ1) is 14.0. The lowest BCUT2D eigenvalue weighted by atomic mass is 9.94. The van der Waals surface area contributed by atoms with E-state index in [1.165, 1.54) is 0 Å². The second-order valence-electron chi connectivity index (χ2n) is 5.16. The molecule has 0 saturated heterocycles. The summed E-state index contributed by atoms with van der Waals surface area (Å²) >= 11 is 0. The number of nitrogens with two attached hydrogens (primary N) is 1. The average molecular weight is 237 g/mol. The molecule has 0 spiro atoms. The molecule has 2 atom stereocenters. The van der Waals surface area contributed by atoms with Crippen LogP contribution in [0.5, 0.6) is 5.75 Å². The van der Waals surface area contributed by atoms with Gasteiger partial charge in [0.15, 0.2) is 0 Å². The highest BCUT2D eigenvalue weighted by Gasteiger charge is 2.25. The van der Waals surface area contributed by atoms with Gasteiger partial charge in [0.25, 0.3) is 0 Å². The van der Waals surface area contributed by atoms with Crippen LogP contribution in [0.1, 0.15) is 39.3 Å². The van der Waals surface area contributed by atoms with Crippen molar-refractivity contribution >= 4 is 0 Å². The van der Waals surface area contributed by atoms with Crippen molar-refractivity contribution < 1.29 is 9.84 Å². The monoisotopic (exact) mass is 237 g/mol. The average Bonchev–Trinajstić information content (AvgIpc) is 2.27.